The summed E-state index contributed by atoms with van der Waals surface area (Å²) in [6.45, 7) is 4.05. The Morgan fingerprint density at radius 3 is 2.73 bits per heavy atom. The maximum Gasteiger partial charge on any atom is 0.234 e. The summed E-state index contributed by atoms with van der Waals surface area (Å²) in [4.78, 5) is 15.7. The Morgan fingerprint density at radius 2 is 2.09 bits per heavy atom. The molecule has 0 atom stereocenters. The van der Waals surface area contributed by atoms with Crippen LogP contribution in [0.1, 0.15) is 0 Å². The van der Waals surface area contributed by atoms with Crippen molar-refractivity contribution in [1.82, 2.24) is 4.90 Å². The first kappa shape index (κ1) is 17.8. The van der Waals surface area contributed by atoms with E-state index in [1.165, 1.54) is 16.7 Å². The molecule has 2 N–H and O–H groups in total. The van der Waals surface area contributed by atoms with Gasteiger partial charge in [-0.3, -0.25) is 4.79 Å². The number of carbonyl (C=O) groups is 1. The Hall–Kier alpha value is -0.530. The summed E-state index contributed by atoms with van der Waals surface area (Å²) in [6, 6.07) is 4.98. The van der Waals surface area contributed by atoms with Crippen molar-refractivity contribution in [2.75, 3.05) is 44.3 Å². The molecule has 1 amide bonds. The zero-order valence-electron chi connectivity index (χ0n) is 12.2. The number of hydrogen-bond donors (Lipinski definition) is 2. The Bertz CT molecular complexity index is 563. The molecule has 0 saturated carbocycles. The van der Waals surface area contributed by atoms with Crippen molar-refractivity contribution >= 4 is 63.1 Å². The van der Waals surface area contributed by atoms with Gasteiger partial charge >= 0.3 is 0 Å². The maximum atomic E-state index is 12.0. The van der Waals surface area contributed by atoms with Crippen molar-refractivity contribution in [2.45, 2.75) is 0 Å². The number of hydrogen-bond acceptors (Lipinski definition) is 3. The van der Waals surface area contributed by atoms with Crippen LogP contribution in [0.4, 0.5) is 5.69 Å². The standard InChI is InChI=1S/C14H17Cl2N3OS2/c1-18-4-6-19(7-5-18)14(21)22-9-13(20)17-12-3-2-10(15)8-11(12)16/h2-3,8H,4-7,9H2,1H3,(H,17,20)/p+1. The van der Waals surface area contributed by atoms with Crippen LogP contribution in [0.15, 0.2) is 18.2 Å². The van der Waals surface area contributed by atoms with Gasteiger partial charge in [0.1, 0.15) is 4.32 Å². The van der Waals surface area contributed by atoms with E-state index in [9.17, 15) is 4.79 Å². The minimum atomic E-state index is -0.128. The molecule has 1 aromatic rings. The second kappa shape index (κ2) is 8.36. The summed E-state index contributed by atoms with van der Waals surface area (Å²) in [5.74, 6) is 0.146. The quantitative estimate of drug-likeness (QED) is 0.786. The Morgan fingerprint density at radius 1 is 1.41 bits per heavy atom. The molecule has 0 unspecified atom stereocenters. The molecule has 4 nitrogen and oxygen atoms in total. The molecule has 0 aliphatic carbocycles. The van der Waals surface area contributed by atoms with Crippen LogP contribution in [-0.2, 0) is 4.79 Å². The predicted molar refractivity (Wildman–Crippen MR) is 98.3 cm³/mol. The van der Waals surface area contributed by atoms with Gasteiger partial charge in [0, 0.05) is 5.02 Å². The number of benzene rings is 1. The van der Waals surface area contributed by atoms with Gasteiger partial charge in [0.05, 0.1) is 49.7 Å². The number of thiocarbonyl (C=S) groups is 1. The molecule has 0 radical (unpaired) electrons. The highest BCUT2D eigenvalue weighted by molar-refractivity contribution is 8.23. The van der Waals surface area contributed by atoms with Crippen molar-refractivity contribution in [3.8, 4) is 0 Å². The number of quaternary nitrogens is 1. The highest BCUT2D eigenvalue weighted by atomic mass is 35.5. The lowest BCUT2D eigenvalue weighted by Crippen LogP contribution is -3.12. The molecule has 0 aromatic heterocycles. The number of nitrogens with one attached hydrogen (secondary N) is 2. The predicted octanol–water partition coefficient (Wildman–Crippen LogP) is 1.78. The van der Waals surface area contributed by atoms with Crippen LogP contribution in [0.3, 0.4) is 0 Å². The van der Waals surface area contributed by atoms with E-state index >= 15 is 0 Å². The van der Waals surface area contributed by atoms with E-state index in [2.05, 4.69) is 17.3 Å². The summed E-state index contributed by atoms with van der Waals surface area (Å²) in [5, 5.41) is 3.73. The average Bonchev–Trinajstić information content (AvgIpc) is 2.48. The first-order valence-electron chi connectivity index (χ1n) is 6.93. The Balaban J connectivity index is 1.79. The number of rotatable bonds is 3. The molecule has 0 spiro atoms. The number of carbonyl (C=O) groups excluding carboxylic acids is 1. The maximum absolute atomic E-state index is 12.0. The molecule has 8 heteroatoms. The van der Waals surface area contributed by atoms with Crippen LogP contribution in [0.2, 0.25) is 10.0 Å². The number of halogens is 2. The zero-order chi connectivity index (χ0) is 16.1. The van der Waals surface area contributed by atoms with Crippen molar-refractivity contribution in [1.29, 1.82) is 0 Å². The lowest BCUT2D eigenvalue weighted by molar-refractivity contribution is -0.883. The number of piperazine rings is 1. The number of amides is 1. The minimum absolute atomic E-state index is 0.128. The average molecular weight is 379 g/mol. The van der Waals surface area contributed by atoms with Crippen LogP contribution in [0.5, 0.6) is 0 Å². The largest absolute Gasteiger partial charge is 0.346 e. The lowest BCUT2D eigenvalue weighted by atomic mass is 10.3. The minimum Gasteiger partial charge on any atom is -0.346 e. The molecular formula is C14H18Cl2N3OS2+. The Labute approximate surface area is 150 Å². The number of anilines is 1. The van der Waals surface area contributed by atoms with E-state index in [1.807, 2.05) is 0 Å². The molecule has 1 fully saturated rings. The van der Waals surface area contributed by atoms with Gasteiger partial charge in [-0.15, -0.1) is 0 Å². The normalized spacial score (nSPS) is 15.7. The topological polar surface area (TPSA) is 36.8 Å². The van der Waals surface area contributed by atoms with Gasteiger partial charge in [-0.05, 0) is 18.2 Å². The van der Waals surface area contributed by atoms with E-state index in [-0.39, 0.29) is 11.7 Å². The molecule has 120 valence electrons. The zero-order valence-corrected chi connectivity index (χ0v) is 15.3. The summed E-state index contributed by atoms with van der Waals surface area (Å²) < 4.78 is 0.782. The van der Waals surface area contributed by atoms with E-state index in [1.54, 1.807) is 18.2 Å². The van der Waals surface area contributed by atoms with Gasteiger partial charge < -0.3 is 15.1 Å². The molecule has 0 bridgehead atoms. The third-order valence-corrected chi connectivity index (χ3v) is 5.48. The van der Waals surface area contributed by atoms with Gasteiger partial charge in [-0.1, -0.05) is 47.2 Å². The fraction of sp³-hybridized carbons (Fsp3) is 0.429. The third kappa shape index (κ3) is 5.28. The molecule has 2 rings (SSSR count). The monoisotopic (exact) mass is 378 g/mol. The van der Waals surface area contributed by atoms with Gasteiger partial charge in [0.2, 0.25) is 5.91 Å². The summed E-state index contributed by atoms with van der Waals surface area (Å²) >= 11 is 18.6. The highest BCUT2D eigenvalue weighted by Crippen LogP contribution is 2.25. The van der Waals surface area contributed by atoms with Crippen molar-refractivity contribution in [3.05, 3.63) is 28.2 Å². The summed E-state index contributed by atoms with van der Waals surface area (Å²) in [5.41, 5.74) is 0.561. The van der Waals surface area contributed by atoms with Gasteiger partial charge in [0.25, 0.3) is 0 Å². The summed E-state index contributed by atoms with van der Waals surface area (Å²) in [6.07, 6.45) is 0. The van der Waals surface area contributed by atoms with E-state index in [0.717, 1.165) is 30.5 Å². The molecule has 1 saturated heterocycles. The molecule has 1 aromatic carbocycles. The van der Waals surface area contributed by atoms with Crippen LogP contribution in [0, 0.1) is 0 Å². The van der Waals surface area contributed by atoms with Crippen LogP contribution in [-0.4, -0.2) is 54.1 Å². The molecule has 1 aliphatic rings. The van der Waals surface area contributed by atoms with Crippen LogP contribution >= 0.6 is 47.2 Å². The van der Waals surface area contributed by atoms with Crippen molar-refractivity contribution in [3.63, 3.8) is 0 Å². The fourth-order valence-electron chi connectivity index (χ4n) is 2.07. The smallest absolute Gasteiger partial charge is 0.234 e. The van der Waals surface area contributed by atoms with E-state index < -0.39 is 0 Å². The van der Waals surface area contributed by atoms with Crippen molar-refractivity contribution in [2.24, 2.45) is 0 Å². The number of nitrogens with zero attached hydrogens (tertiary/aromatic N) is 1. The molecular weight excluding hydrogens is 361 g/mol. The third-order valence-electron chi connectivity index (χ3n) is 3.41. The number of likely N-dealkylation sites (N-methyl/N-ethyl adjacent to an activating group) is 1. The highest BCUT2D eigenvalue weighted by Gasteiger charge is 2.19. The van der Waals surface area contributed by atoms with Crippen LogP contribution in [0.25, 0.3) is 0 Å². The molecule has 1 aliphatic heterocycles. The van der Waals surface area contributed by atoms with E-state index in [0.29, 0.717) is 15.7 Å². The summed E-state index contributed by atoms with van der Waals surface area (Å²) in [7, 11) is 2.18. The molecule has 22 heavy (non-hydrogen) atoms. The second-order valence-electron chi connectivity index (χ2n) is 5.17. The van der Waals surface area contributed by atoms with Crippen LogP contribution < -0.4 is 10.2 Å². The second-order valence-corrected chi connectivity index (χ2v) is 7.62. The SMILES string of the molecule is C[NH+]1CCN(C(=S)SCC(=O)Nc2ccc(Cl)cc2Cl)CC1. The van der Waals surface area contributed by atoms with E-state index in [4.69, 9.17) is 35.4 Å². The van der Waals surface area contributed by atoms with Crippen molar-refractivity contribution < 1.29 is 9.69 Å². The molecule has 1 heterocycles. The Kier molecular flexibility index (Phi) is 6.77. The van der Waals surface area contributed by atoms with Gasteiger partial charge in [-0.2, -0.15) is 0 Å². The fourth-order valence-corrected chi connectivity index (χ4v) is 3.57. The first-order valence-corrected chi connectivity index (χ1v) is 9.08. The first-order chi connectivity index (χ1) is 10.5. The van der Waals surface area contributed by atoms with Gasteiger partial charge in [-0.25, -0.2) is 0 Å². The lowest BCUT2D eigenvalue weighted by Gasteiger charge is -2.31. The van der Waals surface area contributed by atoms with Gasteiger partial charge in [0.15, 0.2) is 0 Å². The number of thioether (sulfide) groups is 1.